The molecule has 0 unspecified atom stereocenters. The molecular weight excluding hydrogens is 244 g/mol. The fourth-order valence-corrected chi connectivity index (χ4v) is 1.99. The Morgan fingerprint density at radius 2 is 2.05 bits per heavy atom. The van der Waals surface area contributed by atoms with E-state index in [1.165, 1.54) is 0 Å². The minimum absolute atomic E-state index is 0.0346. The first kappa shape index (κ1) is 13.1. The summed E-state index contributed by atoms with van der Waals surface area (Å²) >= 11 is 0. The fraction of sp³-hybridized carbons (Fsp3) is 0.286. The lowest BCUT2D eigenvalue weighted by molar-refractivity contribution is -0.131. The smallest absolute Gasteiger partial charge is 0.328 e. The highest BCUT2D eigenvalue weighted by atomic mass is 16.4. The van der Waals surface area contributed by atoms with E-state index < -0.39 is 5.97 Å². The predicted molar refractivity (Wildman–Crippen MR) is 73.0 cm³/mol. The Hall–Kier alpha value is -2.30. The normalized spacial score (nSPS) is 16.2. The first-order chi connectivity index (χ1) is 9.15. The monoisotopic (exact) mass is 260 g/mol. The summed E-state index contributed by atoms with van der Waals surface area (Å²) in [5.74, 6) is -0.930. The maximum Gasteiger partial charge on any atom is 0.328 e. The second-order valence-electron chi connectivity index (χ2n) is 4.39. The van der Waals surface area contributed by atoms with Gasteiger partial charge in [0.2, 0.25) is 5.91 Å². The number of nitrogens with one attached hydrogen (secondary N) is 1. The molecular formula is C14H16N2O3. The second-order valence-corrected chi connectivity index (χ2v) is 4.39. The molecule has 0 atom stereocenters. The summed E-state index contributed by atoms with van der Waals surface area (Å²) in [7, 11) is 0. The zero-order chi connectivity index (χ0) is 13.7. The SMILES string of the molecule is O=C(O)C=Cc1ccc(N2CCCNC(=O)C2)cc1. The highest BCUT2D eigenvalue weighted by Crippen LogP contribution is 2.17. The van der Waals surface area contributed by atoms with Crippen LogP contribution in [0.15, 0.2) is 30.3 Å². The molecule has 2 rings (SSSR count). The Labute approximate surface area is 111 Å². The number of carboxylic acid groups (broad SMARTS) is 1. The molecule has 0 bridgehead atoms. The van der Waals surface area contributed by atoms with E-state index in [1.807, 2.05) is 29.2 Å². The van der Waals surface area contributed by atoms with Gasteiger partial charge in [-0.1, -0.05) is 12.1 Å². The van der Waals surface area contributed by atoms with Crippen molar-refractivity contribution in [1.82, 2.24) is 5.32 Å². The van der Waals surface area contributed by atoms with Crippen LogP contribution in [0.1, 0.15) is 12.0 Å². The average molecular weight is 260 g/mol. The number of rotatable bonds is 3. The minimum Gasteiger partial charge on any atom is -0.478 e. The van der Waals surface area contributed by atoms with Gasteiger partial charge in [-0.2, -0.15) is 0 Å². The Kier molecular flexibility index (Phi) is 4.18. The van der Waals surface area contributed by atoms with Crippen LogP contribution in [0.4, 0.5) is 5.69 Å². The van der Waals surface area contributed by atoms with Crippen LogP contribution in [0.3, 0.4) is 0 Å². The lowest BCUT2D eigenvalue weighted by atomic mass is 10.1. The molecule has 19 heavy (non-hydrogen) atoms. The highest BCUT2D eigenvalue weighted by molar-refractivity contribution is 5.85. The Balaban J connectivity index is 2.08. The lowest BCUT2D eigenvalue weighted by Crippen LogP contribution is -2.32. The summed E-state index contributed by atoms with van der Waals surface area (Å²) < 4.78 is 0. The molecule has 1 saturated heterocycles. The summed E-state index contributed by atoms with van der Waals surface area (Å²) in [5.41, 5.74) is 1.80. The predicted octanol–water partition coefficient (Wildman–Crippen LogP) is 1.11. The summed E-state index contributed by atoms with van der Waals surface area (Å²) in [5, 5.41) is 11.4. The summed E-state index contributed by atoms with van der Waals surface area (Å²) in [6, 6.07) is 7.50. The van der Waals surface area contributed by atoms with E-state index in [-0.39, 0.29) is 5.91 Å². The molecule has 0 saturated carbocycles. The van der Waals surface area contributed by atoms with Crippen LogP contribution >= 0.6 is 0 Å². The van der Waals surface area contributed by atoms with Gasteiger partial charge in [0.1, 0.15) is 0 Å². The molecule has 1 aliphatic heterocycles. The molecule has 0 aromatic heterocycles. The van der Waals surface area contributed by atoms with Crippen LogP contribution in [0.2, 0.25) is 0 Å². The van der Waals surface area contributed by atoms with Crippen molar-refractivity contribution < 1.29 is 14.7 Å². The first-order valence-electron chi connectivity index (χ1n) is 6.18. The van der Waals surface area contributed by atoms with Gasteiger partial charge >= 0.3 is 5.97 Å². The molecule has 0 aliphatic carbocycles. The number of aliphatic carboxylic acids is 1. The Bertz CT molecular complexity index is 494. The van der Waals surface area contributed by atoms with E-state index in [4.69, 9.17) is 5.11 Å². The number of carboxylic acids is 1. The van der Waals surface area contributed by atoms with Crippen LogP contribution in [0, 0.1) is 0 Å². The fourth-order valence-electron chi connectivity index (χ4n) is 1.99. The lowest BCUT2D eigenvalue weighted by Gasteiger charge is -2.21. The van der Waals surface area contributed by atoms with Crippen molar-refractivity contribution in [2.45, 2.75) is 6.42 Å². The number of anilines is 1. The molecule has 0 radical (unpaired) electrons. The third-order valence-corrected chi connectivity index (χ3v) is 2.94. The van der Waals surface area contributed by atoms with Gasteiger partial charge in [-0.05, 0) is 30.2 Å². The largest absolute Gasteiger partial charge is 0.478 e. The molecule has 1 amide bonds. The Morgan fingerprint density at radius 1 is 1.32 bits per heavy atom. The highest BCUT2D eigenvalue weighted by Gasteiger charge is 2.14. The number of hydrogen-bond acceptors (Lipinski definition) is 3. The molecule has 1 aliphatic rings. The standard InChI is InChI=1S/C14H16N2O3/c17-13-10-16(9-1-8-15-13)12-5-2-11(3-6-12)4-7-14(18)19/h2-7H,1,8-10H2,(H,15,17)(H,18,19). The quantitative estimate of drug-likeness (QED) is 0.799. The first-order valence-corrected chi connectivity index (χ1v) is 6.18. The van der Waals surface area contributed by atoms with Crippen molar-refractivity contribution in [3.8, 4) is 0 Å². The zero-order valence-electron chi connectivity index (χ0n) is 10.5. The maximum absolute atomic E-state index is 11.5. The van der Waals surface area contributed by atoms with Crippen LogP contribution in [-0.4, -0.2) is 36.6 Å². The van der Waals surface area contributed by atoms with Gasteiger partial charge in [-0.25, -0.2) is 4.79 Å². The number of benzene rings is 1. The van der Waals surface area contributed by atoms with Gasteiger partial charge in [0.05, 0.1) is 6.54 Å². The van der Waals surface area contributed by atoms with Crippen LogP contribution < -0.4 is 10.2 Å². The number of carbonyl (C=O) groups excluding carboxylic acids is 1. The van der Waals surface area contributed by atoms with Crippen LogP contribution in [-0.2, 0) is 9.59 Å². The van der Waals surface area contributed by atoms with Crippen LogP contribution in [0.25, 0.3) is 6.08 Å². The van der Waals surface area contributed by atoms with Crippen molar-refractivity contribution in [1.29, 1.82) is 0 Å². The van der Waals surface area contributed by atoms with Gasteiger partial charge in [0, 0.05) is 24.9 Å². The number of amides is 1. The van der Waals surface area contributed by atoms with E-state index in [1.54, 1.807) is 6.08 Å². The molecule has 2 N–H and O–H groups in total. The molecule has 5 nitrogen and oxygen atoms in total. The van der Waals surface area contributed by atoms with Crippen LogP contribution in [0.5, 0.6) is 0 Å². The molecule has 1 fully saturated rings. The number of nitrogens with zero attached hydrogens (tertiary/aromatic N) is 1. The van der Waals surface area contributed by atoms with Crippen molar-refractivity contribution in [3.05, 3.63) is 35.9 Å². The third-order valence-electron chi connectivity index (χ3n) is 2.94. The maximum atomic E-state index is 11.5. The van der Waals surface area contributed by atoms with E-state index in [0.717, 1.165) is 36.8 Å². The van der Waals surface area contributed by atoms with Crippen molar-refractivity contribution in [2.24, 2.45) is 0 Å². The van der Waals surface area contributed by atoms with E-state index in [9.17, 15) is 9.59 Å². The molecule has 1 aromatic carbocycles. The van der Waals surface area contributed by atoms with E-state index >= 15 is 0 Å². The van der Waals surface area contributed by atoms with Gasteiger partial charge in [0.15, 0.2) is 0 Å². The Morgan fingerprint density at radius 3 is 2.74 bits per heavy atom. The third kappa shape index (κ3) is 3.84. The van der Waals surface area contributed by atoms with Crippen molar-refractivity contribution >= 4 is 23.6 Å². The van der Waals surface area contributed by atoms with Crippen molar-refractivity contribution in [2.75, 3.05) is 24.5 Å². The number of hydrogen-bond donors (Lipinski definition) is 2. The molecule has 5 heteroatoms. The average Bonchev–Trinajstić information content (AvgIpc) is 2.62. The second kappa shape index (κ2) is 6.04. The van der Waals surface area contributed by atoms with Gasteiger partial charge in [0.25, 0.3) is 0 Å². The summed E-state index contributed by atoms with van der Waals surface area (Å²) in [6.45, 7) is 1.92. The summed E-state index contributed by atoms with van der Waals surface area (Å²) in [4.78, 5) is 23.9. The van der Waals surface area contributed by atoms with E-state index in [0.29, 0.717) is 6.54 Å². The number of carbonyl (C=O) groups is 2. The minimum atomic E-state index is -0.965. The molecule has 1 aromatic rings. The van der Waals surface area contributed by atoms with Crippen molar-refractivity contribution in [3.63, 3.8) is 0 Å². The van der Waals surface area contributed by atoms with E-state index in [2.05, 4.69) is 5.32 Å². The summed E-state index contributed by atoms with van der Waals surface area (Å²) in [6.07, 6.45) is 3.57. The van der Waals surface area contributed by atoms with Gasteiger partial charge in [-0.15, -0.1) is 0 Å². The van der Waals surface area contributed by atoms with Gasteiger partial charge < -0.3 is 15.3 Å². The zero-order valence-corrected chi connectivity index (χ0v) is 10.5. The molecule has 0 spiro atoms. The molecule has 1 heterocycles. The van der Waals surface area contributed by atoms with Gasteiger partial charge in [-0.3, -0.25) is 4.79 Å². The topological polar surface area (TPSA) is 69.6 Å². The molecule has 100 valence electrons.